The van der Waals surface area contributed by atoms with E-state index in [1.165, 1.54) is 6.07 Å². The molecule has 5 rings (SSSR count). The highest BCUT2D eigenvalue weighted by molar-refractivity contribution is 7.16. The van der Waals surface area contributed by atoms with Gasteiger partial charge in [-0.15, -0.1) is 0 Å². The Kier molecular flexibility index (Phi) is 4.03. The predicted molar refractivity (Wildman–Crippen MR) is 102 cm³/mol. The summed E-state index contributed by atoms with van der Waals surface area (Å²) in [4.78, 5) is 48.6. The Hall–Kier alpha value is -2.74. The van der Waals surface area contributed by atoms with E-state index >= 15 is 0 Å². The number of hydrogen-bond donors (Lipinski definition) is 0. The fourth-order valence-electron chi connectivity index (χ4n) is 5.27. The zero-order chi connectivity index (χ0) is 20.4. The van der Waals surface area contributed by atoms with Crippen LogP contribution in [0.4, 0.5) is 0 Å². The third-order valence-corrected chi connectivity index (χ3v) is 7.27. The average molecular weight is 414 g/mol. The van der Waals surface area contributed by atoms with Gasteiger partial charge in [-0.2, -0.15) is 0 Å². The minimum absolute atomic E-state index is 0.0506. The van der Waals surface area contributed by atoms with Crippen LogP contribution in [0, 0.1) is 29.6 Å². The van der Waals surface area contributed by atoms with Crippen molar-refractivity contribution in [2.24, 2.45) is 29.6 Å². The molecule has 1 saturated heterocycles. The van der Waals surface area contributed by atoms with E-state index in [2.05, 4.69) is 6.58 Å². The summed E-state index contributed by atoms with van der Waals surface area (Å²) in [6, 6.07) is 4.75. The minimum atomic E-state index is -0.639. The van der Waals surface area contributed by atoms with Gasteiger partial charge in [0.1, 0.15) is 11.9 Å². The summed E-state index contributed by atoms with van der Waals surface area (Å²) in [6.45, 7) is 5.35. The fraction of sp³-hybridized carbons (Fsp3) is 0.429. The second kappa shape index (κ2) is 6.38. The molecule has 0 N–H and O–H groups in total. The smallest absolute Gasteiger partial charge is 0.396 e. The first-order chi connectivity index (χ1) is 13.8. The van der Waals surface area contributed by atoms with Crippen molar-refractivity contribution in [3.63, 3.8) is 0 Å². The highest BCUT2D eigenvalue weighted by Gasteiger charge is 2.68. The number of ether oxygens (including phenoxy) is 2. The van der Waals surface area contributed by atoms with Crippen LogP contribution in [0.15, 0.2) is 39.6 Å². The van der Waals surface area contributed by atoms with Crippen LogP contribution in [0.1, 0.15) is 19.8 Å². The number of ketones is 1. The van der Waals surface area contributed by atoms with E-state index in [1.54, 1.807) is 19.1 Å². The Labute approximate surface area is 169 Å². The molecule has 29 heavy (non-hydrogen) atoms. The zero-order valence-corrected chi connectivity index (χ0v) is 16.4. The lowest BCUT2D eigenvalue weighted by Crippen LogP contribution is -2.40. The average Bonchev–Trinajstić information content (AvgIpc) is 3.36. The van der Waals surface area contributed by atoms with Crippen molar-refractivity contribution in [2.75, 3.05) is 0 Å². The molecule has 3 fully saturated rings. The molecule has 0 radical (unpaired) electrons. The summed E-state index contributed by atoms with van der Waals surface area (Å²) in [6.07, 6.45) is 0.589. The quantitative estimate of drug-likeness (QED) is 0.421. The maximum atomic E-state index is 13.0. The Morgan fingerprint density at radius 2 is 2.07 bits per heavy atom. The van der Waals surface area contributed by atoms with Gasteiger partial charge in [-0.25, -0.2) is 4.79 Å². The molecule has 2 heterocycles. The van der Waals surface area contributed by atoms with Gasteiger partial charge >= 0.3 is 16.9 Å². The van der Waals surface area contributed by atoms with Crippen molar-refractivity contribution >= 4 is 39.3 Å². The number of carbonyl (C=O) groups excluding carboxylic acids is 3. The van der Waals surface area contributed by atoms with E-state index in [9.17, 15) is 19.2 Å². The van der Waals surface area contributed by atoms with Gasteiger partial charge in [-0.05, 0) is 37.0 Å². The molecule has 6 atom stereocenters. The number of benzene rings is 1. The lowest BCUT2D eigenvalue weighted by atomic mass is 9.72. The van der Waals surface area contributed by atoms with Gasteiger partial charge in [0.15, 0.2) is 11.4 Å². The van der Waals surface area contributed by atoms with Crippen molar-refractivity contribution in [2.45, 2.75) is 25.9 Å². The van der Waals surface area contributed by atoms with E-state index in [-0.39, 0.29) is 47.8 Å². The molecule has 8 heteroatoms. The number of rotatable bonds is 5. The molecule has 2 saturated carbocycles. The van der Waals surface area contributed by atoms with Gasteiger partial charge in [-0.1, -0.05) is 17.9 Å². The van der Waals surface area contributed by atoms with Crippen molar-refractivity contribution < 1.29 is 28.3 Å². The molecule has 0 amide bonds. The number of fused-ring (bicyclic) bond motifs is 2. The topological polar surface area (TPSA) is 99.9 Å². The Bertz CT molecular complexity index is 1130. The minimum Gasteiger partial charge on any atom is -0.461 e. The van der Waals surface area contributed by atoms with Crippen LogP contribution >= 0.6 is 11.3 Å². The Balaban J connectivity index is 1.41. The SMILES string of the molecule is C=C(C)C(=O)CC1C2CC3C1OC(=O)C3C2C(=O)Oc1ccc2sc(=O)oc2c1. The predicted octanol–water partition coefficient (Wildman–Crippen LogP) is 2.72. The highest BCUT2D eigenvalue weighted by atomic mass is 32.1. The molecule has 1 aliphatic heterocycles. The molecular weight excluding hydrogens is 396 g/mol. The van der Waals surface area contributed by atoms with Crippen molar-refractivity contribution in [3.8, 4) is 5.75 Å². The van der Waals surface area contributed by atoms with Crippen LogP contribution in [-0.4, -0.2) is 23.8 Å². The molecule has 2 bridgehead atoms. The molecule has 1 aromatic carbocycles. The summed E-state index contributed by atoms with van der Waals surface area (Å²) < 4.78 is 16.8. The first kappa shape index (κ1) is 18.3. The van der Waals surface area contributed by atoms with Gasteiger partial charge in [0.05, 0.1) is 16.5 Å². The van der Waals surface area contributed by atoms with Gasteiger partial charge in [0.2, 0.25) is 0 Å². The second-order valence-corrected chi connectivity index (χ2v) is 9.05. The van der Waals surface area contributed by atoms with Crippen molar-refractivity contribution in [1.29, 1.82) is 0 Å². The number of Topliss-reactive ketones (excluding diaryl/α,β-unsaturated/α-hetero) is 1. The summed E-state index contributed by atoms with van der Waals surface area (Å²) in [5.41, 5.74) is 0.807. The summed E-state index contributed by atoms with van der Waals surface area (Å²) in [5, 5.41) is 0. The molecule has 2 aliphatic carbocycles. The second-order valence-electron chi connectivity index (χ2n) is 8.07. The largest absolute Gasteiger partial charge is 0.461 e. The van der Waals surface area contributed by atoms with E-state index in [4.69, 9.17) is 13.9 Å². The van der Waals surface area contributed by atoms with Gasteiger partial charge in [0, 0.05) is 24.3 Å². The Morgan fingerprint density at radius 3 is 2.83 bits per heavy atom. The molecule has 2 aromatic rings. The number of carbonyl (C=O) groups is 3. The maximum absolute atomic E-state index is 13.0. The van der Waals surface area contributed by atoms with Crippen LogP contribution in [0.5, 0.6) is 5.75 Å². The molecular formula is C21H18O7S. The first-order valence-electron chi connectivity index (χ1n) is 9.48. The number of esters is 2. The van der Waals surface area contributed by atoms with E-state index in [0.717, 1.165) is 11.3 Å². The molecule has 6 unspecified atom stereocenters. The van der Waals surface area contributed by atoms with Crippen molar-refractivity contribution in [1.82, 2.24) is 0 Å². The maximum Gasteiger partial charge on any atom is 0.396 e. The van der Waals surface area contributed by atoms with Gasteiger partial charge < -0.3 is 13.9 Å². The number of hydrogen-bond acceptors (Lipinski definition) is 8. The van der Waals surface area contributed by atoms with Crippen LogP contribution in [0.3, 0.4) is 0 Å². The van der Waals surface area contributed by atoms with Crippen LogP contribution in [0.25, 0.3) is 10.3 Å². The van der Waals surface area contributed by atoms with E-state index in [1.807, 2.05) is 0 Å². The van der Waals surface area contributed by atoms with Crippen LogP contribution < -0.4 is 9.68 Å². The molecule has 1 aromatic heterocycles. The highest BCUT2D eigenvalue weighted by Crippen LogP contribution is 2.61. The number of allylic oxidation sites excluding steroid dienone is 1. The lowest BCUT2D eigenvalue weighted by molar-refractivity contribution is -0.149. The monoisotopic (exact) mass is 414 g/mol. The van der Waals surface area contributed by atoms with Crippen LogP contribution in [-0.2, 0) is 19.1 Å². The third-order valence-electron chi connectivity index (χ3n) is 6.46. The van der Waals surface area contributed by atoms with Crippen molar-refractivity contribution in [3.05, 3.63) is 40.1 Å². The molecule has 3 aliphatic rings. The molecule has 150 valence electrons. The standard InChI is InChI=1S/C21H18O7S/c1-8(2)13(22)7-11-10-6-12-17(20(24)28-18(11)12)16(10)19(23)26-9-3-4-15-14(5-9)27-21(25)29-15/h3-5,10-12,16-18H,1,6-7H2,2H3. The van der Waals surface area contributed by atoms with E-state index < -0.39 is 22.7 Å². The molecule has 0 spiro atoms. The third kappa shape index (κ3) is 2.77. The summed E-state index contributed by atoms with van der Waals surface area (Å²) in [7, 11) is 0. The van der Waals surface area contributed by atoms with Gasteiger partial charge in [-0.3, -0.25) is 14.4 Å². The summed E-state index contributed by atoms with van der Waals surface area (Å²) in [5.74, 6) is -2.25. The summed E-state index contributed by atoms with van der Waals surface area (Å²) >= 11 is 0.970. The lowest BCUT2D eigenvalue weighted by Gasteiger charge is -2.30. The fourth-order valence-corrected chi connectivity index (χ4v) is 5.92. The normalized spacial score (nSPS) is 31.8. The Morgan fingerprint density at radius 1 is 1.28 bits per heavy atom. The van der Waals surface area contributed by atoms with E-state index in [0.29, 0.717) is 22.3 Å². The molecule has 7 nitrogen and oxygen atoms in total. The van der Waals surface area contributed by atoms with Crippen LogP contribution in [0.2, 0.25) is 0 Å². The first-order valence-corrected chi connectivity index (χ1v) is 10.3. The zero-order valence-electron chi connectivity index (χ0n) is 15.6. The van der Waals surface area contributed by atoms with Gasteiger partial charge in [0.25, 0.3) is 0 Å².